The second-order valence-electron chi connectivity index (χ2n) is 10.2. The van der Waals surface area contributed by atoms with Gasteiger partial charge in [-0.05, 0) is 95.9 Å². The molecule has 2 saturated heterocycles. The number of nitrogens with zero attached hydrogens (tertiary/aromatic N) is 2. The first-order valence-electron chi connectivity index (χ1n) is 12.4. The molecule has 3 fully saturated rings. The van der Waals surface area contributed by atoms with Crippen molar-refractivity contribution in [3.05, 3.63) is 41.5 Å². The summed E-state index contributed by atoms with van der Waals surface area (Å²) >= 11 is 0. The normalized spacial score (nSPS) is 28.1. The van der Waals surface area contributed by atoms with Gasteiger partial charge in [-0.15, -0.1) is 0 Å². The molecule has 3 aliphatic rings. The van der Waals surface area contributed by atoms with Crippen molar-refractivity contribution >= 4 is 10.0 Å². The van der Waals surface area contributed by atoms with Crippen molar-refractivity contribution in [2.45, 2.75) is 95.3 Å². The van der Waals surface area contributed by atoms with E-state index in [2.05, 4.69) is 4.90 Å². The Bertz CT molecular complexity index is 916. The van der Waals surface area contributed by atoms with E-state index in [1.807, 2.05) is 30.3 Å². The van der Waals surface area contributed by atoms with E-state index in [-0.39, 0.29) is 17.5 Å². The summed E-state index contributed by atoms with van der Waals surface area (Å²) in [7, 11) is -3.69. The molecule has 4 nitrogen and oxygen atoms in total. The van der Waals surface area contributed by atoms with Crippen LogP contribution in [0.4, 0.5) is 4.39 Å². The lowest BCUT2D eigenvalue weighted by atomic mass is 9.83. The number of aryl methyl sites for hydroxylation is 1. The van der Waals surface area contributed by atoms with Gasteiger partial charge in [-0.3, -0.25) is 0 Å². The van der Waals surface area contributed by atoms with Crippen LogP contribution < -0.4 is 0 Å². The number of alkyl halides is 1. The average Bonchev–Trinajstić information content (AvgIpc) is 3.36. The number of sulfonamides is 1. The molecule has 32 heavy (non-hydrogen) atoms. The standard InChI is InChI=1S/C26H39FN2O2S/c1-4-22(18-21(3)27)24-8-7-9-25(26(14-15-26)19-28-16-5-6-17-28)29(24)32(30,31)23-12-10-20(2)11-13-23/h10-13,18,21,24-25H,4-9,14-17,19H2,1-3H3/b22-18+/t21?,24-,25+/m0/s1. The average molecular weight is 463 g/mol. The van der Waals surface area contributed by atoms with Gasteiger partial charge < -0.3 is 4.90 Å². The molecule has 4 rings (SSSR count). The van der Waals surface area contributed by atoms with E-state index in [4.69, 9.17) is 0 Å². The molecule has 178 valence electrons. The Morgan fingerprint density at radius 3 is 2.38 bits per heavy atom. The van der Waals surface area contributed by atoms with Gasteiger partial charge in [0.1, 0.15) is 6.17 Å². The van der Waals surface area contributed by atoms with Gasteiger partial charge >= 0.3 is 0 Å². The molecule has 0 aromatic heterocycles. The topological polar surface area (TPSA) is 40.6 Å². The van der Waals surface area contributed by atoms with E-state index >= 15 is 0 Å². The zero-order valence-electron chi connectivity index (χ0n) is 19.9. The molecular formula is C26H39FN2O2S. The van der Waals surface area contributed by atoms with Crippen molar-refractivity contribution in [3.63, 3.8) is 0 Å². The molecule has 2 aliphatic heterocycles. The second kappa shape index (κ2) is 9.55. The highest BCUT2D eigenvalue weighted by molar-refractivity contribution is 7.89. The molecule has 1 aromatic rings. The molecule has 1 aromatic carbocycles. The number of piperidine rings is 1. The first kappa shape index (κ1) is 23.9. The van der Waals surface area contributed by atoms with Gasteiger partial charge in [-0.25, -0.2) is 12.8 Å². The van der Waals surface area contributed by atoms with Gasteiger partial charge in [0.2, 0.25) is 10.0 Å². The van der Waals surface area contributed by atoms with Crippen LogP contribution in [0.15, 0.2) is 40.8 Å². The SMILES string of the molecule is CC/C(=C\C(C)F)[C@@H]1CCC[C@H](C2(CN3CCCC3)CC2)N1S(=O)(=O)c1ccc(C)cc1. The third kappa shape index (κ3) is 4.83. The van der Waals surface area contributed by atoms with Crippen LogP contribution in [-0.4, -0.2) is 55.5 Å². The maximum atomic E-state index is 14.1. The highest BCUT2D eigenvalue weighted by Gasteiger charge is 2.57. The van der Waals surface area contributed by atoms with Crippen molar-refractivity contribution in [2.75, 3.05) is 19.6 Å². The Morgan fingerprint density at radius 2 is 1.81 bits per heavy atom. The van der Waals surface area contributed by atoms with Gasteiger partial charge in [0.05, 0.1) is 4.90 Å². The van der Waals surface area contributed by atoms with Crippen molar-refractivity contribution in [1.82, 2.24) is 9.21 Å². The Balaban J connectivity index is 1.75. The van der Waals surface area contributed by atoms with Crippen LogP contribution in [0, 0.1) is 12.3 Å². The molecular weight excluding hydrogens is 423 g/mol. The highest BCUT2D eigenvalue weighted by atomic mass is 32.2. The van der Waals surface area contributed by atoms with E-state index in [9.17, 15) is 12.8 Å². The Labute approximate surface area is 193 Å². The zero-order valence-corrected chi connectivity index (χ0v) is 20.7. The largest absolute Gasteiger partial charge is 0.303 e. The summed E-state index contributed by atoms with van der Waals surface area (Å²) in [4.78, 5) is 2.90. The summed E-state index contributed by atoms with van der Waals surface area (Å²) in [6, 6.07) is 6.95. The lowest BCUT2D eigenvalue weighted by Gasteiger charge is -2.46. The van der Waals surface area contributed by atoms with Crippen molar-refractivity contribution in [2.24, 2.45) is 5.41 Å². The Kier molecular flexibility index (Phi) is 7.14. The summed E-state index contributed by atoms with van der Waals surface area (Å²) in [5.41, 5.74) is 2.02. The number of likely N-dealkylation sites (tertiary alicyclic amines) is 1. The van der Waals surface area contributed by atoms with E-state index < -0.39 is 16.2 Å². The fraction of sp³-hybridized carbons (Fsp3) is 0.692. The first-order chi connectivity index (χ1) is 15.3. The fourth-order valence-corrected chi connectivity index (χ4v) is 7.93. The molecule has 1 unspecified atom stereocenters. The quantitative estimate of drug-likeness (QED) is 0.481. The monoisotopic (exact) mass is 462 g/mol. The van der Waals surface area contributed by atoms with Gasteiger partial charge in [0.15, 0.2) is 0 Å². The Morgan fingerprint density at radius 1 is 1.16 bits per heavy atom. The second-order valence-corrected chi connectivity index (χ2v) is 12.1. The van der Waals surface area contributed by atoms with Crippen LogP contribution in [0.3, 0.4) is 0 Å². The van der Waals surface area contributed by atoms with Gasteiger partial charge in [0.25, 0.3) is 0 Å². The maximum Gasteiger partial charge on any atom is 0.243 e. The van der Waals surface area contributed by atoms with E-state index in [1.165, 1.54) is 19.8 Å². The summed E-state index contributed by atoms with van der Waals surface area (Å²) in [6.07, 6.45) is 8.58. The minimum absolute atomic E-state index is 0.0157. The number of rotatable bonds is 8. The number of benzene rings is 1. The zero-order chi connectivity index (χ0) is 22.9. The fourth-order valence-electron chi connectivity index (χ4n) is 5.97. The maximum absolute atomic E-state index is 14.1. The molecule has 3 atom stereocenters. The van der Waals surface area contributed by atoms with Gasteiger partial charge in [-0.1, -0.05) is 36.3 Å². The first-order valence-corrected chi connectivity index (χ1v) is 13.9. The summed E-state index contributed by atoms with van der Waals surface area (Å²) < 4.78 is 44.1. The predicted octanol–water partition coefficient (Wildman–Crippen LogP) is 5.48. The molecule has 0 bridgehead atoms. The molecule has 0 N–H and O–H groups in total. The van der Waals surface area contributed by atoms with Crippen LogP contribution in [0.25, 0.3) is 0 Å². The minimum Gasteiger partial charge on any atom is -0.303 e. The van der Waals surface area contributed by atoms with Crippen LogP contribution >= 0.6 is 0 Å². The van der Waals surface area contributed by atoms with Crippen molar-refractivity contribution < 1.29 is 12.8 Å². The van der Waals surface area contributed by atoms with Gasteiger partial charge in [-0.2, -0.15) is 4.31 Å². The molecule has 0 radical (unpaired) electrons. The molecule has 0 amide bonds. The summed E-state index contributed by atoms with van der Waals surface area (Å²) in [5.74, 6) is 0. The highest BCUT2D eigenvalue weighted by Crippen LogP contribution is 2.56. The molecule has 0 spiro atoms. The van der Waals surface area contributed by atoms with E-state index in [1.54, 1.807) is 18.2 Å². The van der Waals surface area contributed by atoms with Crippen LogP contribution in [0.5, 0.6) is 0 Å². The van der Waals surface area contributed by atoms with Crippen LogP contribution in [0.2, 0.25) is 0 Å². The van der Waals surface area contributed by atoms with E-state index in [0.29, 0.717) is 11.3 Å². The third-order valence-corrected chi connectivity index (χ3v) is 9.71. The lowest BCUT2D eigenvalue weighted by Crippen LogP contribution is -2.56. The van der Waals surface area contributed by atoms with Crippen molar-refractivity contribution in [1.29, 1.82) is 0 Å². The smallest absolute Gasteiger partial charge is 0.243 e. The number of halogens is 1. The third-order valence-electron chi connectivity index (χ3n) is 7.78. The Hall–Kier alpha value is -1.24. The van der Waals surface area contributed by atoms with E-state index in [0.717, 1.165) is 62.9 Å². The number of allylic oxidation sites excluding steroid dienone is 1. The van der Waals surface area contributed by atoms with Crippen LogP contribution in [-0.2, 0) is 10.0 Å². The molecule has 1 saturated carbocycles. The number of hydrogen-bond donors (Lipinski definition) is 0. The number of hydrogen-bond acceptors (Lipinski definition) is 3. The van der Waals surface area contributed by atoms with Gasteiger partial charge in [0, 0.05) is 18.6 Å². The summed E-state index contributed by atoms with van der Waals surface area (Å²) in [6.45, 7) is 8.77. The summed E-state index contributed by atoms with van der Waals surface area (Å²) in [5, 5.41) is 0. The molecule has 6 heteroatoms. The molecule has 2 heterocycles. The van der Waals surface area contributed by atoms with Crippen LogP contribution in [0.1, 0.15) is 70.8 Å². The lowest BCUT2D eigenvalue weighted by molar-refractivity contribution is 0.105. The predicted molar refractivity (Wildman–Crippen MR) is 128 cm³/mol. The van der Waals surface area contributed by atoms with Crippen molar-refractivity contribution in [3.8, 4) is 0 Å². The molecule has 1 aliphatic carbocycles. The minimum atomic E-state index is -3.69.